The molecule has 1 atom stereocenters. The van der Waals surface area contributed by atoms with E-state index in [4.69, 9.17) is 11.1 Å². The van der Waals surface area contributed by atoms with Crippen LogP contribution in [-0.2, 0) is 6.54 Å². The molecular formula is C14H22FN3S. The Bertz CT molecular complexity index is 437. The maximum atomic E-state index is 13.2. The van der Waals surface area contributed by atoms with Gasteiger partial charge in [0.15, 0.2) is 0 Å². The third-order valence-corrected chi connectivity index (χ3v) is 3.95. The van der Waals surface area contributed by atoms with E-state index in [1.165, 1.54) is 12.1 Å². The fourth-order valence-electron chi connectivity index (χ4n) is 2.08. The zero-order valence-electron chi connectivity index (χ0n) is 11.7. The first-order valence-electron chi connectivity index (χ1n) is 6.31. The normalized spacial score (nSPS) is 12.7. The highest BCUT2D eigenvalue weighted by Gasteiger charge is 2.15. The van der Waals surface area contributed by atoms with Crippen molar-refractivity contribution in [2.24, 2.45) is 5.73 Å². The number of rotatable bonds is 7. The van der Waals surface area contributed by atoms with E-state index in [-0.39, 0.29) is 11.7 Å². The van der Waals surface area contributed by atoms with Gasteiger partial charge in [0.2, 0.25) is 0 Å². The van der Waals surface area contributed by atoms with Crippen molar-refractivity contribution in [1.29, 1.82) is 5.41 Å². The summed E-state index contributed by atoms with van der Waals surface area (Å²) in [6.07, 6.45) is 3.16. The Kier molecular flexibility index (Phi) is 6.31. The standard InChI is InChI=1S/C14H22FN3S/c1-4-12(9-19-3)18(2)8-10-5-6-11(15)7-13(10)14(16)17/h5-7,12H,4,8-9H2,1-3H3,(H3,16,17). The van der Waals surface area contributed by atoms with Crippen LogP contribution in [-0.4, -0.2) is 35.8 Å². The molecule has 0 heterocycles. The Morgan fingerprint density at radius 3 is 2.74 bits per heavy atom. The summed E-state index contributed by atoms with van der Waals surface area (Å²) in [4.78, 5) is 2.23. The Morgan fingerprint density at radius 2 is 2.21 bits per heavy atom. The Balaban J connectivity index is 2.89. The Morgan fingerprint density at radius 1 is 1.53 bits per heavy atom. The van der Waals surface area contributed by atoms with Gasteiger partial charge in [0.25, 0.3) is 0 Å². The summed E-state index contributed by atoms with van der Waals surface area (Å²) < 4.78 is 13.2. The number of hydrogen-bond acceptors (Lipinski definition) is 3. The number of nitrogens with two attached hydrogens (primary N) is 1. The summed E-state index contributed by atoms with van der Waals surface area (Å²) in [6.45, 7) is 2.84. The van der Waals surface area contributed by atoms with E-state index < -0.39 is 0 Å². The molecule has 1 aromatic rings. The van der Waals surface area contributed by atoms with E-state index in [2.05, 4.69) is 25.1 Å². The minimum atomic E-state index is -0.354. The average Bonchev–Trinajstić information content (AvgIpc) is 2.37. The lowest BCUT2D eigenvalue weighted by molar-refractivity contribution is 0.247. The molecule has 3 N–H and O–H groups in total. The molecule has 1 unspecified atom stereocenters. The van der Waals surface area contributed by atoms with E-state index in [1.54, 1.807) is 6.07 Å². The summed E-state index contributed by atoms with van der Waals surface area (Å²) in [5.74, 6) is 0.623. The van der Waals surface area contributed by atoms with Crippen LogP contribution in [0.1, 0.15) is 24.5 Å². The summed E-state index contributed by atoms with van der Waals surface area (Å²) in [7, 11) is 2.05. The molecule has 0 aromatic heterocycles. The smallest absolute Gasteiger partial charge is 0.123 e. The summed E-state index contributed by atoms with van der Waals surface area (Å²) in [5.41, 5.74) is 6.91. The molecule has 0 spiro atoms. The molecule has 0 saturated heterocycles. The summed E-state index contributed by atoms with van der Waals surface area (Å²) in [5, 5.41) is 7.54. The first-order valence-corrected chi connectivity index (χ1v) is 7.71. The number of nitrogen functional groups attached to an aromatic ring is 1. The lowest BCUT2D eigenvalue weighted by Crippen LogP contribution is -2.33. The molecule has 3 nitrogen and oxygen atoms in total. The van der Waals surface area contributed by atoms with Crippen LogP contribution < -0.4 is 5.73 Å². The second-order valence-electron chi connectivity index (χ2n) is 4.65. The molecule has 0 bridgehead atoms. The van der Waals surface area contributed by atoms with E-state index >= 15 is 0 Å². The monoisotopic (exact) mass is 283 g/mol. The van der Waals surface area contributed by atoms with Crippen molar-refractivity contribution in [3.8, 4) is 0 Å². The Hall–Kier alpha value is -1.07. The van der Waals surface area contributed by atoms with Crippen molar-refractivity contribution >= 4 is 17.6 Å². The van der Waals surface area contributed by atoms with Gasteiger partial charge in [-0.2, -0.15) is 11.8 Å². The van der Waals surface area contributed by atoms with Gasteiger partial charge in [0.1, 0.15) is 11.7 Å². The molecule has 106 valence electrons. The van der Waals surface area contributed by atoms with Crippen molar-refractivity contribution in [3.63, 3.8) is 0 Å². The topological polar surface area (TPSA) is 53.1 Å². The molecule has 0 aliphatic carbocycles. The van der Waals surface area contributed by atoms with Gasteiger partial charge < -0.3 is 5.73 Å². The summed E-state index contributed by atoms with van der Waals surface area (Å²) in [6, 6.07) is 4.94. The first kappa shape index (κ1) is 16.0. The maximum absolute atomic E-state index is 13.2. The number of halogens is 1. The van der Waals surface area contributed by atoms with E-state index in [0.29, 0.717) is 18.2 Å². The summed E-state index contributed by atoms with van der Waals surface area (Å²) >= 11 is 1.82. The molecule has 0 saturated carbocycles. The fraction of sp³-hybridized carbons (Fsp3) is 0.500. The lowest BCUT2D eigenvalue weighted by atomic mass is 10.1. The van der Waals surface area contributed by atoms with Crippen molar-refractivity contribution in [2.75, 3.05) is 19.1 Å². The van der Waals surface area contributed by atoms with Gasteiger partial charge in [0.05, 0.1) is 0 Å². The Labute approximate surface area is 118 Å². The maximum Gasteiger partial charge on any atom is 0.123 e. The van der Waals surface area contributed by atoms with Crippen LogP contribution in [0.25, 0.3) is 0 Å². The number of benzene rings is 1. The molecule has 5 heteroatoms. The van der Waals surface area contributed by atoms with Gasteiger partial charge in [-0.3, -0.25) is 10.3 Å². The zero-order valence-corrected chi connectivity index (χ0v) is 12.6. The zero-order chi connectivity index (χ0) is 14.4. The lowest BCUT2D eigenvalue weighted by Gasteiger charge is -2.27. The third kappa shape index (κ3) is 4.51. The second kappa shape index (κ2) is 7.50. The van der Waals surface area contributed by atoms with Crippen molar-refractivity contribution in [1.82, 2.24) is 4.90 Å². The van der Waals surface area contributed by atoms with Gasteiger partial charge in [-0.05, 0) is 37.4 Å². The van der Waals surface area contributed by atoms with Gasteiger partial charge >= 0.3 is 0 Å². The number of hydrogen-bond donors (Lipinski definition) is 2. The molecule has 0 aliphatic rings. The molecule has 1 aromatic carbocycles. The fourth-order valence-corrected chi connectivity index (χ4v) is 2.96. The molecule has 19 heavy (non-hydrogen) atoms. The number of nitrogens with zero attached hydrogens (tertiary/aromatic N) is 1. The van der Waals surface area contributed by atoms with Crippen LogP contribution in [0, 0.1) is 11.2 Å². The first-order chi connectivity index (χ1) is 8.99. The molecular weight excluding hydrogens is 261 g/mol. The van der Waals surface area contributed by atoms with Crippen LogP contribution >= 0.6 is 11.8 Å². The van der Waals surface area contributed by atoms with Crippen LogP contribution in [0.3, 0.4) is 0 Å². The number of amidine groups is 1. The van der Waals surface area contributed by atoms with Crippen LogP contribution in [0.2, 0.25) is 0 Å². The van der Waals surface area contributed by atoms with Gasteiger partial charge in [-0.15, -0.1) is 0 Å². The van der Waals surface area contributed by atoms with Gasteiger partial charge in [-0.25, -0.2) is 4.39 Å². The van der Waals surface area contributed by atoms with Crippen LogP contribution in [0.15, 0.2) is 18.2 Å². The van der Waals surface area contributed by atoms with E-state index in [9.17, 15) is 4.39 Å². The predicted molar refractivity (Wildman–Crippen MR) is 81.3 cm³/mol. The van der Waals surface area contributed by atoms with E-state index in [1.807, 2.05) is 11.8 Å². The van der Waals surface area contributed by atoms with Gasteiger partial charge in [-0.1, -0.05) is 13.0 Å². The number of nitrogens with one attached hydrogen (secondary N) is 1. The van der Waals surface area contributed by atoms with Crippen LogP contribution in [0.4, 0.5) is 4.39 Å². The highest BCUT2D eigenvalue weighted by atomic mass is 32.2. The van der Waals surface area contributed by atoms with Crippen molar-refractivity contribution in [2.45, 2.75) is 25.9 Å². The highest BCUT2D eigenvalue weighted by Crippen LogP contribution is 2.16. The minimum absolute atomic E-state index is 0.0826. The third-order valence-electron chi connectivity index (χ3n) is 3.24. The van der Waals surface area contributed by atoms with E-state index in [0.717, 1.165) is 17.7 Å². The molecule has 0 amide bonds. The highest BCUT2D eigenvalue weighted by molar-refractivity contribution is 7.98. The predicted octanol–water partition coefficient (Wildman–Crippen LogP) is 2.68. The molecule has 0 aliphatic heterocycles. The average molecular weight is 283 g/mol. The van der Waals surface area contributed by atoms with Crippen LogP contribution in [0.5, 0.6) is 0 Å². The molecule has 0 fully saturated rings. The quantitative estimate of drug-likeness (QED) is 0.597. The van der Waals surface area contributed by atoms with Gasteiger partial charge in [0, 0.05) is 23.9 Å². The van der Waals surface area contributed by atoms with Crippen molar-refractivity contribution < 1.29 is 4.39 Å². The second-order valence-corrected chi connectivity index (χ2v) is 5.56. The largest absolute Gasteiger partial charge is 0.384 e. The number of thioether (sulfide) groups is 1. The molecule has 0 radical (unpaired) electrons. The van der Waals surface area contributed by atoms with Crippen molar-refractivity contribution in [3.05, 3.63) is 35.1 Å². The molecule has 1 rings (SSSR count). The minimum Gasteiger partial charge on any atom is -0.384 e. The SMILES string of the molecule is CCC(CSC)N(C)Cc1ccc(F)cc1C(=N)N.